The average molecular weight is 517 g/mol. The molecule has 0 fully saturated rings. The van der Waals surface area contributed by atoms with Gasteiger partial charge in [-0.25, -0.2) is 13.4 Å². The van der Waals surface area contributed by atoms with Crippen LogP contribution in [0, 0.1) is 18.3 Å². The highest BCUT2D eigenvalue weighted by molar-refractivity contribution is 7.99. The third-order valence-corrected chi connectivity index (χ3v) is 7.82. The molecule has 0 aliphatic carbocycles. The number of sulfonamides is 1. The van der Waals surface area contributed by atoms with E-state index in [0.29, 0.717) is 27.0 Å². The minimum atomic E-state index is -3.80. The topological polar surface area (TPSA) is 138 Å². The van der Waals surface area contributed by atoms with Crippen molar-refractivity contribution < 1.29 is 13.2 Å². The summed E-state index contributed by atoms with van der Waals surface area (Å²) in [4.78, 5) is 16.9. The van der Waals surface area contributed by atoms with Gasteiger partial charge in [0.1, 0.15) is 16.1 Å². The number of hydrogen-bond acceptors (Lipinski definition) is 9. The first-order chi connectivity index (χ1) is 16.3. The molecule has 2 aromatic heterocycles. The van der Waals surface area contributed by atoms with Gasteiger partial charge in [-0.05, 0) is 56.2 Å². The van der Waals surface area contributed by atoms with Crippen molar-refractivity contribution in [1.82, 2.24) is 15.2 Å². The van der Waals surface area contributed by atoms with Crippen LogP contribution in [-0.2, 0) is 21.2 Å². The second-order valence-electron chi connectivity index (χ2n) is 7.27. The van der Waals surface area contributed by atoms with Gasteiger partial charge < -0.3 is 5.32 Å². The lowest BCUT2D eigenvalue weighted by Gasteiger charge is -2.08. The Kier molecular flexibility index (Phi) is 8.98. The summed E-state index contributed by atoms with van der Waals surface area (Å²) in [6.45, 7) is 3.84. The van der Waals surface area contributed by atoms with Gasteiger partial charge in [0.15, 0.2) is 0 Å². The fourth-order valence-electron chi connectivity index (χ4n) is 2.86. The molecule has 3 aromatic rings. The zero-order chi connectivity index (χ0) is 24.6. The molecule has 2 N–H and O–H groups in total. The molecule has 0 unspecified atom stereocenters. The van der Waals surface area contributed by atoms with E-state index in [-0.39, 0.29) is 22.4 Å². The molecule has 12 heteroatoms. The minimum Gasteiger partial charge on any atom is -0.326 e. The number of unbranched alkanes of at least 4 members (excludes halogenated alkanes) is 1. The highest BCUT2D eigenvalue weighted by Gasteiger charge is 2.16. The quantitative estimate of drug-likeness (QED) is 0.358. The molecule has 3 rings (SSSR count). The van der Waals surface area contributed by atoms with Gasteiger partial charge >= 0.3 is 0 Å². The van der Waals surface area contributed by atoms with Gasteiger partial charge in [-0.3, -0.25) is 9.52 Å². The molecule has 0 spiro atoms. The summed E-state index contributed by atoms with van der Waals surface area (Å²) < 4.78 is 27.3. The average Bonchev–Trinajstić information content (AvgIpc) is 3.21. The molecular weight excluding hydrogens is 492 g/mol. The van der Waals surface area contributed by atoms with Crippen LogP contribution in [0.3, 0.4) is 0 Å². The smallest absolute Gasteiger partial charge is 0.263 e. The van der Waals surface area contributed by atoms with Crippen LogP contribution in [0.25, 0.3) is 0 Å². The second-order valence-corrected chi connectivity index (χ2v) is 11.2. The van der Waals surface area contributed by atoms with Crippen LogP contribution in [-0.4, -0.2) is 35.3 Å². The van der Waals surface area contributed by atoms with E-state index in [4.69, 9.17) is 0 Å². The predicted octanol–water partition coefficient (Wildman–Crippen LogP) is 4.38. The number of nitriles is 1. The van der Waals surface area contributed by atoms with Crippen LogP contribution in [0.2, 0.25) is 0 Å². The molecule has 0 aliphatic rings. The van der Waals surface area contributed by atoms with Crippen molar-refractivity contribution in [3.05, 3.63) is 52.7 Å². The third-order valence-electron chi connectivity index (χ3n) is 4.59. The molecule has 178 valence electrons. The van der Waals surface area contributed by atoms with Gasteiger partial charge in [0, 0.05) is 23.6 Å². The van der Waals surface area contributed by atoms with Crippen molar-refractivity contribution in [2.45, 2.75) is 49.5 Å². The number of carbonyl (C=O) groups is 1. The first-order valence-corrected chi connectivity index (χ1v) is 13.8. The van der Waals surface area contributed by atoms with Crippen LogP contribution in [0.5, 0.6) is 0 Å². The molecule has 0 aliphatic heterocycles. The van der Waals surface area contributed by atoms with E-state index in [2.05, 4.69) is 38.2 Å². The molecule has 0 atom stereocenters. The van der Waals surface area contributed by atoms with E-state index < -0.39 is 10.0 Å². The Bertz CT molecular complexity index is 1280. The molecule has 1 aromatic carbocycles. The lowest BCUT2D eigenvalue weighted by Crippen LogP contribution is -2.14. The van der Waals surface area contributed by atoms with Crippen molar-refractivity contribution >= 4 is 49.8 Å². The largest absolute Gasteiger partial charge is 0.326 e. The Hall–Kier alpha value is -3.01. The van der Waals surface area contributed by atoms with E-state index in [1.807, 2.05) is 6.07 Å². The number of amides is 1. The molecule has 1 amide bonds. The Morgan fingerprint density at radius 2 is 1.94 bits per heavy atom. The monoisotopic (exact) mass is 516 g/mol. The molecular formula is C22H24N6O3S3. The number of carbonyl (C=O) groups excluding carboxylic acids is 1. The number of pyridine rings is 1. The van der Waals surface area contributed by atoms with Gasteiger partial charge in [-0.15, -0.1) is 22.0 Å². The van der Waals surface area contributed by atoms with Crippen molar-refractivity contribution in [2.24, 2.45) is 0 Å². The van der Waals surface area contributed by atoms with Crippen molar-refractivity contribution in [3.8, 4) is 6.07 Å². The van der Waals surface area contributed by atoms with Gasteiger partial charge in [-0.1, -0.05) is 24.7 Å². The Morgan fingerprint density at radius 1 is 1.18 bits per heavy atom. The number of anilines is 2. The number of hydrogen-bond donors (Lipinski definition) is 2. The molecule has 2 heterocycles. The lowest BCUT2D eigenvalue weighted by molar-refractivity contribution is -0.115. The predicted molar refractivity (Wildman–Crippen MR) is 133 cm³/mol. The first-order valence-electron chi connectivity index (χ1n) is 10.6. The fraction of sp³-hybridized carbons (Fsp3) is 0.318. The van der Waals surface area contributed by atoms with E-state index in [1.54, 1.807) is 13.0 Å². The molecule has 34 heavy (non-hydrogen) atoms. The fourth-order valence-corrected chi connectivity index (χ4v) is 5.62. The summed E-state index contributed by atoms with van der Waals surface area (Å²) >= 11 is 2.51. The van der Waals surface area contributed by atoms with E-state index >= 15 is 0 Å². The minimum absolute atomic E-state index is 0.0481. The number of thioether (sulfide) groups is 1. The van der Waals surface area contributed by atoms with E-state index in [9.17, 15) is 18.5 Å². The zero-order valence-corrected chi connectivity index (χ0v) is 21.2. The van der Waals surface area contributed by atoms with Crippen LogP contribution in [0.4, 0.5) is 10.8 Å². The number of nitrogens with one attached hydrogen (secondary N) is 2. The van der Waals surface area contributed by atoms with E-state index in [1.165, 1.54) is 36.0 Å². The maximum Gasteiger partial charge on any atom is 0.263 e. The van der Waals surface area contributed by atoms with Crippen LogP contribution >= 0.6 is 23.1 Å². The Labute approximate surface area is 207 Å². The Morgan fingerprint density at radius 3 is 2.59 bits per heavy atom. The summed E-state index contributed by atoms with van der Waals surface area (Å²) in [6.07, 6.45) is 3.17. The highest BCUT2D eigenvalue weighted by Crippen LogP contribution is 2.23. The number of benzene rings is 1. The van der Waals surface area contributed by atoms with Gasteiger partial charge in [0.05, 0.1) is 10.5 Å². The summed E-state index contributed by atoms with van der Waals surface area (Å²) in [5, 5.41) is 21.1. The van der Waals surface area contributed by atoms with Crippen molar-refractivity contribution in [2.75, 3.05) is 15.8 Å². The number of rotatable bonds is 11. The normalized spacial score (nSPS) is 11.1. The second kappa shape index (κ2) is 11.9. The highest BCUT2D eigenvalue weighted by atomic mass is 32.2. The van der Waals surface area contributed by atoms with Crippen LogP contribution in [0.1, 0.15) is 42.5 Å². The maximum absolute atomic E-state index is 12.5. The van der Waals surface area contributed by atoms with Gasteiger partial charge in [0.2, 0.25) is 11.0 Å². The maximum atomic E-state index is 12.5. The molecule has 0 bridgehead atoms. The Balaban J connectivity index is 1.53. The number of aryl methyl sites for hydroxylation is 2. The van der Waals surface area contributed by atoms with Crippen LogP contribution < -0.4 is 10.0 Å². The summed E-state index contributed by atoms with van der Waals surface area (Å²) in [6, 6.07) is 11.7. The van der Waals surface area contributed by atoms with Crippen molar-refractivity contribution in [3.63, 3.8) is 0 Å². The first kappa shape index (κ1) is 25.6. The molecule has 9 nitrogen and oxygen atoms in total. The summed E-state index contributed by atoms with van der Waals surface area (Å²) in [5.74, 6) is 0.244. The summed E-state index contributed by atoms with van der Waals surface area (Å²) in [7, 11) is -3.80. The van der Waals surface area contributed by atoms with Gasteiger partial charge in [0.25, 0.3) is 10.0 Å². The summed E-state index contributed by atoms with van der Waals surface area (Å²) in [5.41, 5.74) is 1.93. The SMILES string of the molecule is CCCCc1ccc(C#N)c(SCCC(=O)Nc2ccc(S(=O)(=O)Nc3nnc(C)s3)cc2)n1. The van der Waals surface area contributed by atoms with E-state index in [0.717, 1.165) is 36.3 Å². The lowest BCUT2D eigenvalue weighted by atomic mass is 10.2. The molecule has 0 radical (unpaired) electrons. The molecule has 0 saturated heterocycles. The third kappa shape index (κ3) is 7.24. The van der Waals surface area contributed by atoms with Crippen LogP contribution in [0.15, 0.2) is 46.3 Å². The van der Waals surface area contributed by atoms with Crippen molar-refractivity contribution in [1.29, 1.82) is 5.26 Å². The number of aromatic nitrogens is 3. The standard InChI is InChI=1S/C22H24N6O3S3/c1-3-4-5-17-7-6-16(14-23)21(25-17)32-13-12-20(29)24-18-8-10-19(11-9-18)34(30,31)28-22-27-26-15(2)33-22/h6-11H,3-5,12-13H2,1-2H3,(H,24,29)(H,27,28). The zero-order valence-electron chi connectivity index (χ0n) is 18.7. The molecule has 0 saturated carbocycles. The number of nitrogens with zero attached hydrogens (tertiary/aromatic N) is 4. The van der Waals surface area contributed by atoms with Gasteiger partial charge in [-0.2, -0.15) is 5.26 Å².